The molecular weight excluding hydrogens is 182 g/mol. The lowest BCUT2D eigenvalue weighted by molar-refractivity contribution is 0.281. The first kappa shape index (κ1) is 8.96. The molecule has 0 spiro atoms. The lowest BCUT2D eigenvalue weighted by atomic mass is 10.4. The summed E-state index contributed by atoms with van der Waals surface area (Å²) >= 11 is 0. The van der Waals surface area contributed by atoms with E-state index in [9.17, 15) is 4.79 Å². The molecule has 5 heteroatoms. The molecule has 0 amide bonds. The number of nitrogens with two attached hydrogens (primary N) is 1. The minimum atomic E-state index is -0.388. The van der Waals surface area contributed by atoms with Gasteiger partial charge in [0.1, 0.15) is 5.82 Å². The van der Waals surface area contributed by atoms with Gasteiger partial charge in [-0.25, -0.2) is 4.79 Å². The van der Waals surface area contributed by atoms with Crippen molar-refractivity contribution in [2.45, 2.75) is 6.42 Å². The molecule has 1 saturated carbocycles. The molecule has 0 aliphatic heterocycles. The average Bonchev–Trinajstić information content (AvgIpc) is 2.89. The molecule has 74 valence electrons. The Morgan fingerprint density at radius 3 is 3.14 bits per heavy atom. The van der Waals surface area contributed by atoms with Crippen molar-refractivity contribution < 1.29 is 5.11 Å². The maximum atomic E-state index is 11.3. The zero-order valence-corrected chi connectivity index (χ0v) is 7.55. The Balaban J connectivity index is 2.27. The van der Waals surface area contributed by atoms with Crippen LogP contribution in [0, 0.1) is 5.92 Å². The quantitative estimate of drug-likeness (QED) is 0.674. The van der Waals surface area contributed by atoms with Crippen LogP contribution in [-0.2, 0) is 0 Å². The SMILES string of the molecule is Nc1ccn(/C=C2/CC2CO)c(=O)n1. The maximum Gasteiger partial charge on any atom is 0.353 e. The summed E-state index contributed by atoms with van der Waals surface area (Å²) in [7, 11) is 0. The Kier molecular flexibility index (Phi) is 2.09. The molecule has 2 rings (SSSR count). The van der Waals surface area contributed by atoms with Crippen molar-refractivity contribution in [1.82, 2.24) is 9.55 Å². The second kappa shape index (κ2) is 3.26. The van der Waals surface area contributed by atoms with Crippen molar-refractivity contribution in [3.63, 3.8) is 0 Å². The van der Waals surface area contributed by atoms with E-state index in [2.05, 4.69) is 4.98 Å². The van der Waals surface area contributed by atoms with Gasteiger partial charge in [-0.1, -0.05) is 0 Å². The van der Waals surface area contributed by atoms with Crippen LogP contribution >= 0.6 is 0 Å². The van der Waals surface area contributed by atoms with Gasteiger partial charge in [-0.05, 0) is 18.1 Å². The number of aromatic nitrogens is 2. The number of nitrogens with zero attached hydrogens (tertiary/aromatic N) is 2. The van der Waals surface area contributed by atoms with Crippen LogP contribution in [0.25, 0.3) is 6.20 Å². The predicted molar refractivity (Wildman–Crippen MR) is 52.4 cm³/mol. The molecule has 14 heavy (non-hydrogen) atoms. The Morgan fingerprint density at radius 1 is 1.79 bits per heavy atom. The number of nitrogen functional groups attached to an aromatic ring is 1. The lowest BCUT2D eigenvalue weighted by Gasteiger charge is -1.96. The molecule has 0 saturated heterocycles. The second-order valence-electron chi connectivity index (χ2n) is 3.33. The van der Waals surface area contributed by atoms with Crippen LogP contribution < -0.4 is 11.4 Å². The summed E-state index contributed by atoms with van der Waals surface area (Å²) < 4.78 is 1.38. The summed E-state index contributed by atoms with van der Waals surface area (Å²) in [5.41, 5.74) is 6.02. The van der Waals surface area contributed by atoms with Crippen LogP contribution in [0.3, 0.4) is 0 Å². The fraction of sp³-hybridized carbons (Fsp3) is 0.333. The Morgan fingerprint density at radius 2 is 2.57 bits per heavy atom. The van der Waals surface area contributed by atoms with Crippen molar-refractivity contribution in [1.29, 1.82) is 0 Å². The molecule has 1 aliphatic carbocycles. The number of aliphatic hydroxyl groups is 1. The van der Waals surface area contributed by atoms with E-state index in [1.165, 1.54) is 4.57 Å². The molecule has 0 radical (unpaired) electrons. The molecule has 1 unspecified atom stereocenters. The van der Waals surface area contributed by atoms with Gasteiger partial charge in [-0.2, -0.15) is 4.98 Å². The highest BCUT2D eigenvalue weighted by Crippen LogP contribution is 2.37. The van der Waals surface area contributed by atoms with E-state index in [4.69, 9.17) is 10.8 Å². The zero-order chi connectivity index (χ0) is 10.1. The van der Waals surface area contributed by atoms with Crippen molar-refractivity contribution in [3.8, 4) is 0 Å². The van der Waals surface area contributed by atoms with E-state index in [1.54, 1.807) is 18.5 Å². The third kappa shape index (κ3) is 1.67. The summed E-state index contributed by atoms with van der Waals surface area (Å²) in [5, 5.41) is 8.80. The van der Waals surface area contributed by atoms with Gasteiger partial charge in [-0.3, -0.25) is 4.57 Å². The van der Waals surface area contributed by atoms with Crippen LogP contribution in [0.4, 0.5) is 5.82 Å². The number of anilines is 1. The molecule has 0 aromatic carbocycles. The van der Waals surface area contributed by atoms with Crippen LogP contribution in [0.1, 0.15) is 6.42 Å². The van der Waals surface area contributed by atoms with Gasteiger partial charge in [0, 0.05) is 24.9 Å². The highest BCUT2D eigenvalue weighted by atomic mass is 16.3. The third-order valence-electron chi connectivity index (χ3n) is 2.22. The van der Waals surface area contributed by atoms with Crippen LogP contribution in [0.2, 0.25) is 0 Å². The lowest BCUT2D eigenvalue weighted by Crippen LogP contribution is -2.19. The summed E-state index contributed by atoms with van der Waals surface area (Å²) in [6, 6.07) is 1.56. The molecule has 1 aromatic heterocycles. The van der Waals surface area contributed by atoms with Crippen LogP contribution in [0.15, 0.2) is 22.6 Å². The summed E-state index contributed by atoms with van der Waals surface area (Å²) in [4.78, 5) is 14.8. The summed E-state index contributed by atoms with van der Waals surface area (Å²) in [5.74, 6) is 0.443. The molecule has 3 N–H and O–H groups in total. The van der Waals surface area contributed by atoms with Gasteiger partial charge >= 0.3 is 5.69 Å². The molecule has 1 heterocycles. The monoisotopic (exact) mass is 193 g/mol. The average molecular weight is 193 g/mol. The summed E-state index contributed by atoms with van der Waals surface area (Å²) in [6.07, 6.45) is 4.13. The smallest absolute Gasteiger partial charge is 0.353 e. The van der Waals surface area contributed by atoms with Crippen LogP contribution in [-0.4, -0.2) is 21.3 Å². The molecule has 1 aliphatic rings. The van der Waals surface area contributed by atoms with E-state index < -0.39 is 0 Å². The highest BCUT2D eigenvalue weighted by molar-refractivity contribution is 5.42. The molecule has 5 nitrogen and oxygen atoms in total. The van der Waals surface area contributed by atoms with Gasteiger partial charge in [-0.15, -0.1) is 0 Å². The molecule has 1 aromatic rings. The number of hydrogen-bond acceptors (Lipinski definition) is 4. The predicted octanol–water partition coefficient (Wildman–Crippen LogP) is -0.321. The van der Waals surface area contributed by atoms with E-state index in [1.807, 2.05) is 0 Å². The Labute approximate surface area is 80.5 Å². The van der Waals surface area contributed by atoms with Gasteiger partial charge in [0.2, 0.25) is 0 Å². The topological polar surface area (TPSA) is 81.1 Å². The van der Waals surface area contributed by atoms with E-state index >= 15 is 0 Å². The first-order chi connectivity index (χ1) is 6.70. The van der Waals surface area contributed by atoms with Gasteiger partial charge in [0.05, 0.1) is 0 Å². The van der Waals surface area contributed by atoms with Crippen molar-refractivity contribution in [2.24, 2.45) is 5.92 Å². The first-order valence-electron chi connectivity index (χ1n) is 4.37. The van der Waals surface area contributed by atoms with Gasteiger partial charge in [0.25, 0.3) is 0 Å². The van der Waals surface area contributed by atoms with Crippen LogP contribution in [0.5, 0.6) is 0 Å². The third-order valence-corrected chi connectivity index (χ3v) is 2.22. The van der Waals surface area contributed by atoms with Gasteiger partial charge < -0.3 is 10.8 Å². The molecule has 0 bridgehead atoms. The number of hydrogen-bond donors (Lipinski definition) is 2. The Hall–Kier alpha value is -1.62. The standard InChI is InChI=1S/C9H11N3O2/c10-8-1-2-12(9(14)11-8)4-6-3-7(6)5-13/h1-2,4,7,13H,3,5H2,(H2,10,11,14)/b6-4-. The molecule has 1 fully saturated rings. The minimum Gasteiger partial charge on any atom is -0.396 e. The van der Waals surface area contributed by atoms with Crippen molar-refractivity contribution >= 4 is 12.0 Å². The van der Waals surface area contributed by atoms with Gasteiger partial charge in [0.15, 0.2) is 0 Å². The fourth-order valence-electron chi connectivity index (χ4n) is 1.27. The normalized spacial score (nSPS) is 22.6. The van der Waals surface area contributed by atoms with E-state index in [0.717, 1.165) is 12.0 Å². The minimum absolute atomic E-state index is 0.142. The molecular formula is C9H11N3O2. The zero-order valence-electron chi connectivity index (χ0n) is 7.55. The first-order valence-corrected chi connectivity index (χ1v) is 4.37. The largest absolute Gasteiger partial charge is 0.396 e. The van der Waals surface area contributed by atoms with E-state index in [-0.39, 0.29) is 24.0 Å². The number of aliphatic hydroxyl groups excluding tert-OH is 1. The second-order valence-corrected chi connectivity index (χ2v) is 3.33. The summed E-state index contributed by atoms with van der Waals surface area (Å²) in [6.45, 7) is 0.142. The Bertz CT molecular complexity index is 436. The van der Waals surface area contributed by atoms with E-state index in [0.29, 0.717) is 0 Å². The highest BCUT2D eigenvalue weighted by Gasteiger charge is 2.28. The number of rotatable bonds is 2. The van der Waals surface area contributed by atoms with Crippen molar-refractivity contribution in [2.75, 3.05) is 12.3 Å². The van der Waals surface area contributed by atoms with Crippen molar-refractivity contribution in [3.05, 3.63) is 28.3 Å². The maximum absolute atomic E-state index is 11.3. The fourth-order valence-corrected chi connectivity index (χ4v) is 1.27. The molecule has 1 atom stereocenters.